The first-order chi connectivity index (χ1) is 9.66. The molecule has 0 radical (unpaired) electrons. The summed E-state index contributed by atoms with van der Waals surface area (Å²) in [5.41, 5.74) is 10.6. The minimum absolute atomic E-state index is 0.109. The SMILES string of the molecule is CC1=C(N)N(F)NC1(c1ccccc1)c1ccccc1. The van der Waals surface area contributed by atoms with Gasteiger partial charge in [0, 0.05) is 5.57 Å². The van der Waals surface area contributed by atoms with E-state index in [4.69, 9.17) is 5.73 Å². The van der Waals surface area contributed by atoms with Crippen molar-refractivity contribution in [3.8, 4) is 0 Å². The maximum Gasteiger partial charge on any atom is 0.149 e. The summed E-state index contributed by atoms with van der Waals surface area (Å²) in [7, 11) is 0. The fourth-order valence-corrected chi connectivity index (χ4v) is 2.74. The van der Waals surface area contributed by atoms with Crippen molar-refractivity contribution in [3.05, 3.63) is 83.2 Å². The van der Waals surface area contributed by atoms with E-state index in [1.165, 1.54) is 0 Å². The summed E-state index contributed by atoms with van der Waals surface area (Å²) in [6.07, 6.45) is 0. The van der Waals surface area contributed by atoms with Gasteiger partial charge in [0.05, 0.1) is 0 Å². The van der Waals surface area contributed by atoms with Gasteiger partial charge in [0.1, 0.15) is 11.4 Å². The van der Waals surface area contributed by atoms with E-state index in [1.54, 1.807) is 0 Å². The normalized spacial score (nSPS) is 17.6. The van der Waals surface area contributed by atoms with Crippen molar-refractivity contribution in [1.82, 2.24) is 10.7 Å². The molecular formula is C16H16FN3. The number of hydrazine groups is 1. The van der Waals surface area contributed by atoms with E-state index < -0.39 is 5.54 Å². The van der Waals surface area contributed by atoms with Crippen molar-refractivity contribution >= 4 is 0 Å². The average molecular weight is 269 g/mol. The fraction of sp³-hybridized carbons (Fsp3) is 0.125. The van der Waals surface area contributed by atoms with Gasteiger partial charge in [-0.3, -0.25) is 0 Å². The predicted octanol–water partition coefficient (Wildman–Crippen LogP) is 2.83. The van der Waals surface area contributed by atoms with Crippen molar-refractivity contribution in [3.63, 3.8) is 0 Å². The van der Waals surface area contributed by atoms with Gasteiger partial charge in [-0.2, -0.15) is 5.43 Å². The van der Waals surface area contributed by atoms with Gasteiger partial charge in [0.2, 0.25) is 0 Å². The number of nitrogens with one attached hydrogen (secondary N) is 1. The molecule has 0 saturated heterocycles. The van der Waals surface area contributed by atoms with Crippen molar-refractivity contribution in [2.24, 2.45) is 5.73 Å². The summed E-state index contributed by atoms with van der Waals surface area (Å²) >= 11 is 0. The molecule has 3 nitrogen and oxygen atoms in total. The zero-order valence-electron chi connectivity index (χ0n) is 11.2. The molecule has 0 aliphatic carbocycles. The second-order valence-electron chi connectivity index (χ2n) is 4.88. The Morgan fingerprint density at radius 1 is 0.950 bits per heavy atom. The van der Waals surface area contributed by atoms with Gasteiger partial charge in [-0.05, 0) is 18.1 Å². The Balaban J connectivity index is 2.26. The smallest absolute Gasteiger partial charge is 0.149 e. The lowest BCUT2D eigenvalue weighted by Crippen LogP contribution is -2.44. The van der Waals surface area contributed by atoms with Crippen LogP contribution < -0.4 is 11.2 Å². The maximum atomic E-state index is 14.0. The molecule has 1 aliphatic rings. The van der Waals surface area contributed by atoms with Crippen molar-refractivity contribution < 1.29 is 4.48 Å². The van der Waals surface area contributed by atoms with E-state index in [0.29, 0.717) is 5.23 Å². The Hall–Kier alpha value is -2.33. The Labute approximate surface area is 117 Å². The van der Waals surface area contributed by atoms with Crippen LogP contribution in [-0.4, -0.2) is 5.23 Å². The van der Waals surface area contributed by atoms with Crippen LogP contribution in [0.1, 0.15) is 18.1 Å². The standard InChI is InChI=1S/C16H16FN3/c1-12-15(18)20(17)19-16(12,13-8-4-2-5-9-13)14-10-6-3-7-11-14/h2-11,19H,18H2,1H3. The molecule has 0 saturated carbocycles. The highest BCUT2D eigenvalue weighted by Gasteiger charge is 2.45. The lowest BCUT2D eigenvalue weighted by molar-refractivity contribution is 0.00218. The van der Waals surface area contributed by atoms with E-state index in [0.717, 1.165) is 16.7 Å². The zero-order chi connectivity index (χ0) is 14.2. The minimum atomic E-state index is -0.763. The van der Waals surface area contributed by atoms with Gasteiger partial charge >= 0.3 is 0 Å². The van der Waals surface area contributed by atoms with E-state index in [1.807, 2.05) is 67.6 Å². The molecule has 2 aromatic carbocycles. The molecule has 20 heavy (non-hydrogen) atoms. The summed E-state index contributed by atoms with van der Waals surface area (Å²) in [6.45, 7) is 1.85. The topological polar surface area (TPSA) is 41.3 Å². The molecule has 4 heteroatoms. The summed E-state index contributed by atoms with van der Waals surface area (Å²) in [6, 6.07) is 19.5. The predicted molar refractivity (Wildman–Crippen MR) is 76.6 cm³/mol. The lowest BCUT2D eigenvalue weighted by Gasteiger charge is -2.32. The number of hydrogen-bond donors (Lipinski definition) is 2. The van der Waals surface area contributed by atoms with Crippen LogP contribution in [-0.2, 0) is 5.54 Å². The van der Waals surface area contributed by atoms with Gasteiger partial charge in [0.15, 0.2) is 0 Å². The number of rotatable bonds is 2. The molecule has 0 amide bonds. The van der Waals surface area contributed by atoms with Gasteiger partial charge in [0.25, 0.3) is 0 Å². The van der Waals surface area contributed by atoms with Gasteiger partial charge < -0.3 is 5.73 Å². The molecule has 2 aromatic rings. The fourth-order valence-electron chi connectivity index (χ4n) is 2.74. The Bertz CT molecular complexity index is 598. The molecule has 0 atom stereocenters. The minimum Gasteiger partial charge on any atom is -0.382 e. The Morgan fingerprint density at radius 3 is 1.75 bits per heavy atom. The van der Waals surface area contributed by atoms with Crippen LogP contribution in [0, 0.1) is 0 Å². The number of nitrogens with zero attached hydrogens (tertiary/aromatic N) is 1. The summed E-state index contributed by atoms with van der Waals surface area (Å²) in [5, 5.41) is 0.398. The first-order valence-electron chi connectivity index (χ1n) is 6.48. The second kappa shape index (κ2) is 4.65. The van der Waals surface area contributed by atoms with Crippen LogP contribution in [0.5, 0.6) is 0 Å². The molecular weight excluding hydrogens is 253 g/mol. The third-order valence-electron chi connectivity index (χ3n) is 3.84. The molecule has 3 rings (SSSR count). The Morgan fingerprint density at radius 2 is 1.40 bits per heavy atom. The number of halogens is 1. The van der Waals surface area contributed by atoms with E-state index in [2.05, 4.69) is 5.43 Å². The van der Waals surface area contributed by atoms with Crippen LogP contribution in [0.15, 0.2) is 72.1 Å². The van der Waals surface area contributed by atoms with Crippen molar-refractivity contribution in [1.29, 1.82) is 0 Å². The van der Waals surface area contributed by atoms with Crippen molar-refractivity contribution in [2.75, 3.05) is 0 Å². The first kappa shape index (κ1) is 12.7. The van der Waals surface area contributed by atoms with Crippen LogP contribution in [0.2, 0.25) is 0 Å². The van der Waals surface area contributed by atoms with Crippen LogP contribution in [0.3, 0.4) is 0 Å². The number of nitrogens with two attached hydrogens (primary N) is 1. The van der Waals surface area contributed by atoms with Crippen LogP contribution in [0.25, 0.3) is 0 Å². The maximum absolute atomic E-state index is 14.0. The lowest BCUT2D eigenvalue weighted by atomic mass is 9.78. The van der Waals surface area contributed by atoms with E-state index >= 15 is 0 Å². The zero-order valence-corrected chi connectivity index (χ0v) is 11.2. The highest BCUT2D eigenvalue weighted by Crippen LogP contribution is 2.41. The average Bonchev–Trinajstić information content (AvgIpc) is 2.74. The quantitative estimate of drug-likeness (QED) is 0.824. The molecule has 0 unspecified atom stereocenters. The number of hydrogen-bond acceptors (Lipinski definition) is 3. The molecule has 0 aromatic heterocycles. The molecule has 3 N–H and O–H groups in total. The van der Waals surface area contributed by atoms with E-state index in [-0.39, 0.29) is 5.82 Å². The highest BCUT2D eigenvalue weighted by molar-refractivity contribution is 5.49. The summed E-state index contributed by atoms with van der Waals surface area (Å²) in [5.74, 6) is 0.109. The summed E-state index contributed by atoms with van der Waals surface area (Å²) < 4.78 is 14.0. The largest absolute Gasteiger partial charge is 0.382 e. The van der Waals surface area contributed by atoms with Crippen LogP contribution >= 0.6 is 0 Å². The highest BCUT2D eigenvalue weighted by atomic mass is 19.2. The molecule has 1 aliphatic heterocycles. The molecule has 0 fully saturated rings. The third kappa shape index (κ3) is 1.69. The molecule has 102 valence electrons. The molecule has 0 bridgehead atoms. The Kier molecular flexibility index (Phi) is 2.95. The number of benzene rings is 2. The van der Waals surface area contributed by atoms with E-state index in [9.17, 15) is 4.48 Å². The van der Waals surface area contributed by atoms with Crippen molar-refractivity contribution in [2.45, 2.75) is 12.5 Å². The van der Waals surface area contributed by atoms with Crippen LogP contribution in [0.4, 0.5) is 4.48 Å². The molecule has 0 spiro atoms. The second-order valence-corrected chi connectivity index (χ2v) is 4.88. The first-order valence-corrected chi connectivity index (χ1v) is 6.48. The van der Waals surface area contributed by atoms with Gasteiger partial charge in [-0.15, -0.1) is 5.23 Å². The summed E-state index contributed by atoms with van der Waals surface area (Å²) in [4.78, 5) is 0. The third-order valence-corrected chi connectivity index (χ3v) is 3.84. The van der Waals surface area contributed by atoms with Gasteiger partial charge in [-0.25, -0.2) is 0 Å². The monoisotopic (exact) mass is 269 g/mol. The molecule has 1 heterocycles. The van der Waals surface area contributed by atoms with Gasteiger partial charge in [-0.1, -0.05) is 65.1 Å².